The standard InChI is InChI=1S/C21H21N3O2S/c25-20-15-27-21(24(20)12-5-11-23-13-10-22-16-23)17-6-4-9-19(14-17)26-18-7-2-1-3-8-18/h1-4,6-10,13-14,16,21H,5,11-12,15H2. The van der Waals surface area contributed by atoms with Gasteiger partial charge in [-0.15, -0.1) is 11.8 Å². The van der Waals surface area contributed by atoms with E-state index in [0.29, 0.717) is 5.75 Å². The lowest BCUT2D eigenvalue weighted by atomic mass is 10.2. The topological polar surface area (TPSA) is 47.4 Å². The minimum Gasteiger partial charge on any atom is -0.457 e. The fraction of sp³-hybridized carbons (Fsp3) is 0.238. The second-order valence-electron chi connectivity index (χ2n) is 6.39. The summed E-state index contributed by atoms with van der Waals surface area (Å²) >= 11 is 1.68. The van der Waals surface area contributed by atoms with Crippen molar-refractivity contribution in [3.8, 4) is 11.5 Å². The van der Waals surface area contributed by atoms with E-state index < -0.39 is 0 Å². The van der Waals surface area contributed by atoms with Gasteiger partial charge in [0.2, 0.25) is 5.91 Å². The van der Waals surface area contributed by atoms with Gasteiger partial charge < -0.3 is 14.2 Å². The molecule has 1 unspecified atom stereocenters. The van der Waals surface area contributed by atoms with Crippen LogP contribution in [0.2, 0.25) is 0 Å². The molecule has 138 valence electrons. The average molecular weight is 379 g/mol. The lowest BCUT2D eigenvalue weighted by Crippen LogP contribution is -2.29. The Morgan fingerprint density at radius 3 is 2.74 bits per heavy atom. The number of imidazole rings is 1. The smallest absolute Gasteiger partial charge is 0.233 e. The number of para-hydroxylation sites is 1. The monoisotopic (exact) mass is 379 g/mol. The molecule has 0 saturated carbocycles. The molecule has 27 heavy (non-hydrogen) atoms. The highest BCUT2D eigenvalue weighted by molar-refractivity contribution is 8.00. The molecule has 0 radical (unpaired) electrons. The summed E-state index contributed by atoms with van der Waals surface area (Å²) in [5.74, 6) is 2.32. The number of carbonyl (C=O) groups excluding carboxylic acids is 1. The summed E-state index contributed by atoms with van der Waals surface area (Å²) in [6, 6.07) is 17.8. The normalized spacial score (nSPS) is 16.7. The fourth-order valence-corrected chi connectivity index (χ4v) is 4.38. The molecule has 0 spiro atoms. The third kappa shape index (κ3) is 4.34. The van der Waals surface area contributed by atoms with E-state index in [2.05, 4.69) is 11.1 Å². The van der Waals surface area contributed by atoms with E-state index in [4.69, 9.17) is 4.74 Å². The van der Waals surface area contributed by atoms with Crippen LogP contribution in [0.4, 0.5) is 0 Å². The van der Waals surface area contributed by atoms with Crippen LogP contribution < -0.4 is 4.74 Å². The third-order valence-electron chi connectivity index (χ3n) is 4.46. The lowest BCUT2D eigenvalue weighted by Gasteiger charge is -2.24. The number of aryl methyl sites for hydroxylation is 1. The van der Waals surface area contributed by atoms with Gasteiger partial charge in [0.15, 0.2) is 0 Å². The Bertz CT molecular complexity index is 883. The molecule has 1 amide bonds. The Kier molecular flexibility index (Phi) is 5.44. The number of carbonyl (C=O) groups is 1. The molecule has 0 bridgehead atoms. The number of benzene rings is 2. The molecule has 0 aliphatic carbocycles. The molecule has 2 heterocycles. The summed E-state index contributed by atoms with van der Waals surface area (Å²) in [7, 11) is 0. The Morgan fingerprint density at radius 2 is 1.93 bits per heavy atom. The van der Waals surface area contributed by atoms with Crippen LogP contribution in [0.3, 0.4) is 0 Å². The molecule has 2 aromatic carbocycles. The first-order chi connectivity index (χ1) is 13.3. The van der Waals surface area contributed by atoms with Crippen molar-refractivity contribution in [1.82, 2.24) is 14.5 Å². The average Bonchev–Trinajstić information content (AvgIpc) is 3.33. The molecule has 1 aliphatic rings. The predicted octanol–water partition coefficient (Wildman–Crippen LogP) is 4.34. The molecule has 3 aromatic rings. The quantitative estimate of drug-likeness (QED) is 0.613. The summed E-state index contributed by atoms with van der Waals surface area (Å²) in [6.07, 6.45) is 6.43. The van der Waals surface area contributed by atoms with Crippen LogP contribution in [0.25, 0.3) is 0 Å². The minimum absolute atomic E-state index is 0.0413. The van der Waals surface area contributed by atoms with Crippen LogP contribution in [0.1, 0.15) is 17.4 Å². The van der Waals surface area contributed by atoms with Crippen molar-refractivity contribution in [2.45, 2.75) is 18.3 Å². The zero-order valence-electron chi connectivity index (χ0n) is 14.9. The Labute approximate surface area is 163 Å². The summed E-state index contributed by atoms with van der Waals surface area (Å²) in [4.78, 5) is 18.4. The van der Waals surface area contributed by atoms with Crippen LogP contribution in [0.15, 0.2) is 73.3 Å². The maximum atomic E-state index is 12.4. The molecule has 1 aromatic heterocycles. The Hall–Kier alpha value is -2.73. The SMILES string of the molecule is O=C1CSC(c2cccc(Oc3ccccc3)c2)N1CCCn1ccnc1. The van der Waals surface area contributed by atoms with Crippen molar-refractivity contribution >= 4 is 17.7 Å². The van der Waals surface area contributed by atoms with Crippen molar-refractivity contribution in [3.05, 3.63) is 78.9 Å². The van der Waals surface area contributed by atoms with Crippen LogP contribution >= 0.6 is 11.8 Å². The van der Waals surface area contributed by atoms with Gasteiger partial charge in [-0.25, -0.2) is 4.98 Å². The van der Waals surface area contributed by atoms with Crippen molar-refractivity contribution in [2.24, 2.45) is 0 Å². The summed E-state index contributed by atoms with van der Waals surface area (Å²) < 4.78 is 7.99. The van der Waals surface area contributed by atoms with E-state index in [9.17, 15) is 4.79 Å². The van der Waals surface area contributed by atoms with Crippen molar-refractivity contribution < 1.29 is 9.53 Å². The summed E-state index contributed by atoms with van der Waals surface area (Å²) in [6.45, 7) is 1.59. The minimum atomic E-state index is 0.0413. The lowest BCUT2D eigenvalue weighted by molar-refractivity contribution is -0.128. The zero-order chi connectivity index (χ0) is 18.5. The van der Waals surface area contributed by atoms with Gasteiger partial charge in [0, 0.05) is 25.5 Å². The van der Waals surface area contributed by atoms with E-state index in [-0.39, 0.29) is 11.3 Å². The van der Waals surface area contributed by atoms with Gasteiger partial charge in [0.25, 0.3) is 0 Å². The zero-order valence-corrected chi connectivity index (χ0v) is 15.7. The Balaban J connectivity index is 1.44. The molecule has 1 fully saturated rings. The van der Waals surface area contributed by atoms with Gasteiger partial charge in [0.05, 0.1) is 12.1 Å². The summed E-state index contributed by atoms with van der Waals surface area (Å²) in [5, 5.41) is 0.0413. The first-order valence-corrected chi connectivity index (χ1v) is 10.0. The Morgan fingerprint density at radius 1 is 1.07 bits per heavy atom. The number of hydrogen-bond donors (Lipinski definition) is 0. The fourth-order valence-electron chi connectivity index (χ4n) is 3.17. The van der Waals surface area contributed by atoms with Crippen LogP contribution in [0.5, 0.6) is 11.5 Å². The van der Waals surface area contributed by atoms with Gasteiger partial charge in [0.1, 0.15) is 16.9 Å². The van der Waals surface area contributed by atoms with Gasteiger partial charge in [-0.3, -0.25) is 4.79 Å². The number of aromatic nitrogens is 2. The number of ether oxygens (including phenoxy) is 1. The molecule has 5 nitrogen and oxygen atoms in total. The largest absolute Gasteiger partial charge is 0.457 e. The number of hydrogen-bond acceptors (Lipinski definition) is 4. The molecule has 4 rings (SSSR count). The van der Waals surface area contributed by atoms with Crippen LogP contribution in [-0.2, 0) is 11.3 Å². The highest BCUT2D eigenvalue weighted by Crippen LogP contribution is 2.40. The third-order valence-corrected chi connectivity index (χ3v) is 5.72. The van der Waals surface area contributed by atoms with E-state index in [1.807, 2.05) is 70.5 Å². The van der Waals surface area contributed by atoms with Crippen LogP contribution in [-0.4, -0.2) is 32.7 Å². The molecular weight excluding hydrogens is 358 g/mol. The van der Waals surface area contributed by atoms with Gasteiger partial charge in [-0.05, 0) is 36.2 Å². The second kappa shape index (κ2) is 8.31. The van der Waals surface area contributed by atoms with Crippen molar-refractivity contribution in [1.29, 1.82) is 0 Å². The van der Waals surface area contributed by atoms with Crippen molar-refractivity contribution in [3.63, 3.8) is 0 Å². The van der Waals surface area contributed by atoms with Crippen LogP contribution in [0, 0.1) is 0 Å². The number of nitrogens with zero attached hydrogens (tertiary/aromatic N) is 3. The second-order valence-corrected chi connectivity index (χ2v) is 7.46. The highest BCUT2D eigenvalue weighted by Gasteiger charge is 2.32. The van der Waals surface area contributed by atoms with E-state index in [1.54, 1.807) is 18.0 Å². The van der Waals surface area contributed by atoms with Gasteiger partial charge >= 0.3 is 0 Å². The highest BCUT2D eigenvalue weighted by atomic mass is 32.2. The maximum Gasteiger partial charge on any atom is 0.233 e. The first kappa shape index (κ1) is 17.7. The predicted molar refractivity (Wildman–Crippen MR) is 107 cm³/mol. The number of amides is 1. The molecule has 1 aliphatic heterocycles. The van der Waals surface area contributed by atoms with Crippen molar-refractivity contribution in [2.75, 3.05) is 12.3 Å². The number of thioether (sulfide) groups is 1. The van der Waals surface area contributed by atoms with E-state index in [0.717, 1.165) is 36.6 Å². The van der Waals surface area contributed by atoms with E-state index >= 15 is 0 Å². The molecule has 6 heteroatoms. The summed E-state index contributed by atoms with van der Waals surface area (Å²) in [5.41, 5.74) is 1.10. The molecule has 1 atom stereocenters. The molecule has 1 saturated heterocycles. The van der Waals surface area contributed by atoms with Gasteiger partial charge in [-0.2, -0.15) is 0 Å². The van der Waals surface area contributed by atoms with Gasteiger partial charge in [-0.1, -0.05) is 30.3 Å². The first-order valence-electron chi connectivity index (χ1n) is 8.99. The number of rotatable bonds is 7. The van der Waals surface area contributed by atoms with E-state index in [1.165, 1.54) is 0 Å². The molecular formula is C21H21N3O2S. The molecule has 0 N–H and O–H groups in total. The maximum absolute atomic E-state index is 12.4.